The molecule has 1 aromatic carbocycles. The molecule has 0 unspecified atom stereocenters. The third kappa shape index (κ3) is 3.10. The Hall–Kier alpha value is -1.35. The van der Waals surface area contributed by atoms with Gasteiger partial charge in [-0.15, -0.1) is 0 Å². The minimum Gasteiger partial charge on any atom is -0.481 e. The molecule has 1 aliphatic carbocycles. The summed E-state index contributed by atoms with van der Waals surface area (Å²) in [6.07, 6.45) is 3.93. The van der Waals surface area contributed by atoms with Gasteiger partial charge in [0, 0.05) is 12.1 Å². The van der Waals surface area contributed by atoms with Gasteiger partial charge < -0.3 is 10.4 Å². The van der Waals surface area contributed by atoms with Gasteiger partial charge >= 0.3 is 5.97 Å². The Morgan fingerprint density at radius 2 is 1.94 bits per heavy atom. The van der Waals surface area contributed by atoms with E-state index in [0.717, 1.165) is 25.7 Å². The molecule has 3 nitrogen and oxygen atoms in total. The lowest BCUT2D eigenvalue weighted by atomic mass is 9.84. The quantitative estimate of drug-likeness (QED) is 0.860. The summed E-state index contributed by atoms with van der Waals surface area (Å²) in [7, 11) is 0. The highest BCUT2D eigenvalue weighted by Gasteiger charge is 2.31. The van der Waals surface area contributed by atoms with Crippen LogP contribution < -0.4 is 5.32 Å². The molecule has 1 aromatic rings. The standard InChI is InChI=1S/C15H21NO2/c1-11(12-7-3-2-4-8-12)16-14-10-6-5-9-13(14)15(17)18/h2-4,7-8,11,13-14,16H,5-6,9-10H2,1H3,(H,17,18)/t11-,13-,14-/m1/s1. The molecule has 0 radical (unpaired) electrons. The summed E-state index contributed by atoms with van der Waals surface area (Å²) in [5.41, 5.74) is 1.22. The Bertz CT molecular complexity index is 391. The third-order valence-electron chi connectivity index (χ3n) is 3.85. The van der Waals surface area contributed by atoms with Crippen molar-refractivity contribution in [3.05, 3.63) is 35.9 Å². The van der Waals surface area contributed by atoms with E-state index in [2.05, 4.69) is 24.4 Å². The molecule has 2 N–H and O–H groups in total. The molecular weight excluding hydrogens is 226 g/mol. The van der Waals surface area contributed by atoms with Gasteiger partial charge in [0.2, 0.25) is 0 Å². The Morgan fingerprint density at radius 3 is 2.61 bits per heavy atom. The minimum atomic E-state index is -0.660. The van der Waals surface area contributed by atoms with Crippen LogP contribution in [0.15, 0.2) is 30.3 Å². The molecule has 0 aliphatic heterocycles. The number of carboxylic acid groups (broad SMARTS) is 1. The van der Waals surface area contributed by atoms with E-state index in [1.54, 1.807) is 0 Å². The van der Waals surface area contributed by atoms with E-state index in [4.69, 9.17) is 0 Å². The van der Waals surface area contributed by atoms with E-state index in [0.29, 0.717) is 0 Å². The molecule has 1 saturated carbocycles. The van der Waals surface area contributed by atoms with Gasteiger partial charge in [0.15, 0.2) is 0 Å². The first-order chi connectivity index (χ1) is 8.68. The second-order valence-electron chi connectivity index (χ2n) is 5.13. The van der Waals surface area contributed by atoms with Gasteiger partial charge in [-0.1, -0.05) is 43.2 Å². The second kappa shape index (κ2) is 6.01. The van der Waals surface area contributed by atoms with E-state index in [-0.39, 0.29) is 18.0 Å². The first-order valence-electron chi connectivity index (χ1n) is 6.72. The zero-order valence-corrected chi connectivity index (χ0v) is 10.8. The molecule has 0 spiro atoms. The van der Waals surface area contributed by atoms with Crippen molar-refractivity contribution in [2.75, 3.05) is 0 Å². The molecule has 0 aromatic heterocycles. The fraction of sp³-hybridized carbons (Fsp3) is 0.533. The lowest BCUT2D eigenvalue weighted by molar-refractivity contribution is -0.143. The zero-order chi connectivity index (χ0) is 13.0. The second-order valence-corrected chi connectivity index (χ2v) is 5.13. The predicted octanol–water partition coefficient (Wildman–Crippen LogP) is 2.98. The van der Waals surface area contributed by atoms with E-state index in [9.17, 15) is 9.90 Å². The van der Waals surface area contributed by atoms with Crippen molar-refractivity contribution in [2.45, 2.75) is 44.7 Å². The topological polar surface area (TPSA) is 49.3 Å². The maximum absolute atomic E-state index is 11.2. The summed E-state index contributed by atoms with van der Waals surface area (Å²) in [6.45, 7) is 2.10. The van der Waals surface area contributed by atoms with E-state index >= 15 is 0 Å². The van der Waals surface area contributed by atoms with E-state index < -0.39 is 5.97 Å². The molecule has 0 heterocycles. The molecule has 2 rings (SSSR count). The third-order valence-corrected chi connectivity index (χ3v) is 3.85. The average Bonchev–Trinajstić information content (AvgIpc) is 2.40. The first kappa shape index (κ1) is 13.1. The Morgan fingerprint density at radius 1 is 1.28 bits per heavy atom. The number of rotatable bonds is 4. The SMILES string of the molecule is C[C@@H](N[C@@H]1CCCC[C@H]1C(=O)O)c1ccccc1. The van der Waals surface area contributed by atoms with Gasteiger partial charge in [-0.3, -0.25) is 4.79 Å². The first-order valence-corrected chi connectivity index (χ1v) is 6.72. The van der Waals surface area contributed by atoms with Crippen LogP contribution in [-0.2, 0) is 4.79 Å². The maximum atomic E-state index is 11.2. The van der Waals surface area contributed by atoms with Crippen LogP contribution in [0.2, 0.25) is 0 Å². The van der Waals surface area contributed by atoms with Crippen molar-refractivity contribution < 1.29 is 9.90 Å². The van der Waals surface area contributed by atoms with Crippen LogP contribution in [0.25, 0.3) is 0 Å². The number of hydrogen-bond acceptors (Lipinski definition) is 2. The van der Waals surface area contributed by atoms with Crippen LogP contribution in [0.3, 0.4) is 0 Å². The summed E-state index contributed by atoms with van der Waals surface area (Å²) in [5.74, 6) is -0.891. The van der Waals surface area contributed by atoms with Crippen molar-refractivity contribution in [1.82, 2.24) is 5.32 Å². The lowest BCUT2D eigenvalue weighted by Crippen LogP contribution is -2.43. The number of benzene rings is 1. The zero-order valence-electron chi connectivity index (χ0n) is 10.8. The van der Waals surface area contributed by atoms with Gasteiger partial charge in [0.1, 0.15) is 0 Å². The summed E-state index contributed by atoms with van der Waals surface area (Å²) >= 11 is 0. The van der Waals surface area contributed by atoms with Crippen LogP contribution >= 0.6 is 0 Å². The van der Waals surface area contributed by atoms with Gasteiger partial charge in [0.05, 0.1) is 5.92 Å². The van der Waals surface area contributed by atoms with Crippen LogP contribution in [0.5, 0.6) is 0 Å². The number of nitrogens with one attached hydrogen (secondary N) is 1. The largest absolute Gasteiger partial charge is 0.481 e. The van der Waals surface area contributed by atoms with E-state index in [1.165, 1.54) is 5.56 Å². The predicted molar refractivity (Wildman–Crippen MR) is 71.4 cm³/mol. The van der Waals surface area contributed by atoms with Gasteiger partial charge in [0.25, 0.3) is 0 Å². The highest BCUT2D eigenvalue weighted by molar-refractivity contribution is 5.71. The monoisotopic (exact) mass is 247 g/mol. The van der Waals surface area contributed by atoms with Crippen molar-refractivity contribution in [2.24, 2.45) is 5.92 Å². The molecule has 3 atom stereocenters. The molecule has 1 aliphatic rings. The Labute approximate surface area is 108 Å². The fourth-order valence-electron chi connectivity index (χ4n) is 2.78. The number of carbonyl (C=O) groups is 1. The molecule has 98 valence electrons. The van der Waals surface area contributed by atoms with Crippen LogP contribution in [0.1, 0.15) is 44.2 Å². The number of hydrogen-bond donors (Lipinski definition) is 2. The smallest absolute Gasteiger partial charge is 0.308 e. The fourth-order valence-corrected chi connectivity index (χ4v) is 2.78. The van der Waals surface area contributed by atoms with Crippen molar-refractivity contribution in [1.29, 1.82) is 0 Å². The Balaban J connectivity index is 2.01. The summed E-state index contributed by atoms with van der Waals surface area (Å²) < 4.78 is 0. The molecule has 3 heteroatoms. The van der Waals surface area contributed by atoms with Crippen molar-refractivity contribution in [3.8, 4) is 0 Å². The van der Waals surface area contributed by atoms with Crippen LogP contribution in [-0.4, -0.2) is 17.1 Å². The van der Waals surface area contributed by atoms with Gasteiger partial charge in [-0.2, -0.15) is 0 Å². The van der Waals surface area contributed by atoms with E-state index in [1.807, 2.05) is 18.2 Å². The summed E-state index contributed by atoms with van der Waals surface area (Å²) in [6, 6.07) is 10.5. The Kier molecular flexibility index (Phi) is 4.37. The van der Waals surface area contributed by atoms with Crippen molar-refractivity contribution in [3.63, 3.8) is 0 Å². The van der Waals surface area contributed by atoms with Gasteiger partial charge in [-0.25, -0.2) is 0 Å². The molecular formula is C15H21NO2. The van der Waals surface area contributed by atoms with Crippen LogP contribution in [0.4, 0.5) is 0 Å². The summed E-state index contributed by atoms with van der Waals surface area (Å²) in [5, 5.41) is 12.7. The number of carboxylic acids is 1. The lowest BCUT2D eigenvalue weighted by Gasteiger charge is -2.32. The number of aliphatic carboxylic acids is 1. The van der Waals surface area contributed by atoms with Gasteiger partial charge in [-0.05, 0) is 25.3 Å². The normalized spacial score (nSPS) is 25.6. The average molecular weight is 247 g/mol. The highest BCUT2D eigenvalue weighted by atomic mass is 16.4. The van der Waals surface area contributed by atoms with Crippen LogP contribution in [0, 0.1) is 5.92 Å². The molecule has 1 fully saturated rings. The highest BCUT2D eigenvalue weighted by Crippen LogP contribution is 2.27. The molecule has 0 bridgehead atoms. The molecule has 18 heavy (non-hydrogen) atoms. The maximum Gasteiger partial charge on any atom is 0.308 e. The molecule has 0 saturated heterocycles. The van der Waals surface area contributed by atoms with Crippen molar-refractivity contribution >= 4 is 5.97 Å². The minimum absolute atomic E-state index is 0.103. The summed E-state index contributed by atoms with van der Waals surface area (Å²) in [4.78, 5) is 11.2. The molecule has 0 amide bonds.